The Labute approximate surface area is 361 Å². The summed E-state index contributed by atoms with van der Waals surface area (Å²) in [5.41, 5.74) is 20.1. The minimum atomic E-state index is 1.22. The Morgan fingerprint density at radius 3 is 1.28 bits per heavy atom. The highest BCUT2D eigenvalue weighted by Gasteiger charge is 2.20. The number of hydrogen-bond acceptors (Lipinski definition) is 1. The fourth-order valence-electron chi connectivity index (χ4n) is 9.23. The molecule has 9 aromatic carbocycles. The molecule has 2 heterocycles. The van der Waals surface area contributed by atoms with Gasteiger partial charge in [-0.15, -0.1) is 11.3 Å². The van der Waals surface area contributed by atoms with Gasteiger partial charge in [0.05, 0.1) is 5.69 Å². The van der Waals surface area contributed by atoms with Crippen molar-refractivity contribution in [3.63, 3.8) is 0 Å². The molecule has 0 atom stereocenters. The van der Waals surface area contributed by atoms with Crippen molar-refractivity contribution >= 4 is 53.9 Å². The summed E-state index contributed by atoms with van der Waals surface area (Å²) < 4.78 is 3.69. The molecule has 0 spiro atoms. The van der Waals surface area contributed by atoms with Gasteiger partial charge in [0.1, 0.15) is 0 Å². The van der Waals surface area contributed by atoms with Crippen molar-refractivity contribution in [2.24, 2.45) is 7.05 Å². The summed E-state index contributed by atoms with van der Waals surface area (Å²) in [5.74, 6) is 0. The van der Waals surface area contributed by atoms with Crippen LogP contribution in [0.5, 0.6) is 0 Å². The Morgan fingerprint density at radius 1 is 0.328 bits per heavy atom. The molecular formula is C59H45NS. The molecule has 0 fully saturated rings. The zero-order valence-corrected chi connectivity index (χ0v) is 36.0. The fraction of sp³-hybridized carbons (Fsp3) is 0.0847. The van der Waals surface area contributed by atoms with Gasteiger partial charge in [0.2, 0.25) is 0 Å². The number of aromatic nitrogens is 1. The van der Waals surface area contributed by atoms with Gasteiger partial charge < -0.3 is 4.57 Å². The van der Waals surface area contributed by atoms with Gasteiger partial charge in [-0.2, -0.15) is 0 Å². The van der Waals surface area contributed by atoms with E-state index in [1.54, 1.807) is 0 Å². The fourth-order valence-corrected chi connectivity index (χ4v) is 10.5. The second kappa shape index (κ2) is 14.6. The second-order valence-electron chi connectivity index (χ2n) is 17.0. The molecule has 61 heavy (non-hydrogen) atoms. The van der Waals surface area contributed by atoms with Gasteiger partial charge in [0.15, 0.2) is 0 Å². The summed E-state index contributed by atoms with van der Waals surface area (Å²) in [6.45, 7) is 8.61. The minimum Gasteiger partial charge on any atom is -0.343 e. The van der Waals surface area contributed by atoms with E-state index in [0.29, 0.717) is 0 Å². The van der Waals surface area contributed by atoms with E-state index in [2.05, 4.69) is 221 Å². The first-order valence-corrected chi connectivity index (χ1v) is 22.0. The molecule has 0 saturated heterocycles. The Bertz CT molecular complexity index is 3470. The molecule has 0 radical (unpaired) electrons. The number of aryl methyl sites for hydroxylation is 5. The predicted molar refractivity (Wildman–Crippen MR) is 265 cm³/mol. The van der Waals surface area contributed by atoms with Crippen molar-refractivity contribution in [2.75, 3.05) is 0 Å². The molecule has 0 saturated carbocycles. The Morgan fingerprint density at radius 2 is 0.738 bits per heavy atom. The first-order chi connectivity index (χ1) is 29.7. The normalized spacial score (nSPS) is 11.7. The molecule has 11 rings (SSSR count). The van der Waals surface area contributed by atoms with Crippen LogP contribution >= 0.6 is 11.3 Å². The molecule has 0 N–H and O–H groups in total. The summed E-state index contributed by atoms with van der Waals surface area (Å²) >= 11 is 1.90. The van der Waals surface area contributed by atoms with Crippen LogP contribution in [0.2, 0.25) is 0 Å². The summed E-state index contributed by atoms with van der Waals surface area (Å²) in [4.78, 5) is 1.32. The van der Waals surface area contributed by atoms with Crippen LogP contribution in [0.1, 0.15) is 22.3 Å². The maximum Gasteiger partial charge on any atom is 0.0568 e. The molecule has 2 aromatic heterocycles. The third-order valence-corrected chi connectivity index (χ3v) is 13.9. The summed E-state index contributed by atoms with van der Waals surface area (Å²) in [7, 11) is 2.21. The molecule has 292 valence electrons. The SMILES string of the molecule is Cc1ccc(-c2sc3cc(-c4ccc5cc6cc(-c7ccc8c(-c9ccc(C)cc9)c(-c9ccc(C)cc9)n(C)c8c7)ccc6cc5c4)ccc3c2-c2ccc(C)cc2)cc1. The van der Waals surface area contributed by atoms with Crippen molar-refractivity contribution in [1.29, 1.82) is 0 Å². The van der Waals surface area contributed by atoms with Gasteiger partial charge in [-0.1, -0.05) is 168 Å². The highest BCUT2D eigenvalue weighted by Crippen LogP contribution is 2.47. The molecular weight excluding hydrogens is 755 g/mol. The topological polar surface area (TPSA) is 4.93 Å². The maximum absolute atomic E-state index is 2.39. The summed E-state index contributed by atoms with van der Waals surface area (Å²) in [5, 5.41) is 7.57. The molecule has 2 heteroatoms. The van der Waals surface area contributed by atoms with Crippen LogP contribution in [0.25, 0.3) is 109 Å². The average Bonchev–Trinajstić information content (AvgIpc) is 3.81. The monoisotopic (exact) mass is 799 g/mol. The maximum atomic E-state index is 2.39. The van der Waals surface area contributed by atoms with E-state index in [-0.39, 0.29) is 0 Å². The van der Waals surface area contributed by atoms with Crippen LogP contribution < -0.4 is 0 Å². The van der Waals surface area contributed by atoms with E-state index in [0.717, 1.165) is 0 Å². The van der Waals surface area contributed by atoms with Crippen LogP contribution in [0.15, 0.2) is 182 Å². The standard InChI is InChI=1S/C59H45NS/c1-36-6-14-40(15-7-36)56-52-28-26-48(34-54(52)60(5)58(56)42-18-10-38(3)11-19-42)44-22-24-46-33-51-31-45(23-25-47(51)32-50(46)30-44)49-27-29-53-55(35-49)61-59(43-20-12-39(4)13-21-43)57(53)41-16-8-37(2)9-17-41/h6-35H,1-5H3. The smallest absolute Gasteiger partial charge is 0.0568 e. The van der Waals surface area contributed by atoms with Crippen molar-refractivity contribution < 1.29 is 0 Å². The number of fused-ring (bicyclic) bond motifs is 4. The molecule has 11 aromatic rings. The van der Waals surface area contributed by atoms with E-state index >= 15 is 0 Å². The van der Waals surface area contributed by atoms with Crippen molar-refractivity contribution in [3.05, 3.63) is 204 Å². The lowest BCUT2D eigenvalue weighted by atomic mass is 9.94. The first kappa shape index (κ1) is 37.0. The minimum absolute atomic E-state index is 1.22. The van der Waals surface area contributed by atoms with Gasteiger partial charge in [-0.25, -0.2) is 0 Å². The van der Waals surface area contributed by atoms with Crippen LogP contribution in [-0.4, -0.2) is 4.57 Å². The molecule has 0 aliphatic heterocycles. The van der Waals surface area contributed by atoms with Crippen molar-refractivity contribution in [1.82, 2.24) is 4.57 Å². The van der Waals surface area contributed by atoms with Gasteiger partial charge >= 0.3 is 0 Å². The summed E-state index contributed by atoms with van der Waals surface area (Å²) in [6, 6.07) is 68.4. The number of thiophene rings is 1. The number of benzene rings is 9. The zero-order valence-electron chi connectivity index (χ0n) is 35.2. The van der Waals surface area contributed by atoms with Crippen molar-refractivity contribution in [3.8, 4) is 66.2 Å². The zero-order chi connectivity index (χ0) is 41.4. The highest BCUT2D eigenvalue weighted by molar-refractivity contribution is 7.23. The highest BCUT2D eigenvalue weighted by atomic mass is 32.1. The largest absolute Gasteiger partial charge is 0.343 e. The number of hydrogen-bond donors (Lipinski definition) is 0. The predicted octanol–water partition coefficient (Wildman–Crippen LogP) is 16.9. The lowest BCUT2D eigenvalue weighted by Crippen LogP contribution is -1.93. The number of nitrogens with zero attached hydrogens (tertiary/aromatic N) is 1. The third-order valence-electron chi connectivity index (χ3n) is 12.7. The third kappa shape index (κ3) is 6.56. The van der Waals surface area contributed by atoms with Crippen LogP contribution in [0.3, 0.4) is 0 Å². The number of rotatable bonds is 6. The lowest BCUT2D eigenvalue weighted by molar-refractivity contribution is 0.979. The van der Waals surface area contributed by atoms with E-state index in [1.165, 1.54) is 131 Å². The van der Waals surface area contributed by atoms with Gasteiger partial charge in [-0.05, 0) is 130 Å². The van der Waals surface area contributed by atoms with E-state index in [4.69, 9.17) is 0 Å². The Kier molecular flexibility index (Phi) is 8.88. The molecule has 0 unspecified atom stereocenters. The van der Waals surface area contributed by atoms with Crippen LogP contribution in [0.4, 0.5) is 0 Å². The quantitative estimate of drug-likeness (QED) is 0.148. The average molecular weight is 800 g/mol. The second-order valence-corrected chi connectivity index (χ2v) is 18.0. The molecule has 1 nitrogen and oxygen atoms in total. The van der Waals surface area contributed by atoms with Crippen molar-refractivity contribution in [2.45, 2.75) is 27.7 Å². The van der Waals surface area contributed by atoms with E-state index in [9.17, 15) is 0 Å². The van der Waals surface area contributed by atoms with Gasteiger partial charge in [0, 0.05) is 44.0 Å². The summed E-state index contributed by atoms with van der Waals surface area (Å²) in [6.07, 6.45) is 0. The van der Waals surface area contributed by atoms with Crippen LogP contribution in [0, 0.1) is 27.7 Å². The van der Waals surface area contributed by atoms with E-state index in [1.807, 2.05) is 11.3 Å². The van der Waals surface area contributed by atoms with E-state index < -0.39 is 0 Å². The van der Waals surface area contributed by atoms with Gasteiger partial charge in [-0.3, -0.25) is 0 Å². The molecule has 0 aliphatic carbocycles. The van der Waals surface area contributed by atoms with Gasteiger partial charge in [0.25, 0.3) is 0 Å². The van der Waals surface area contributed by atoms with Crippen LogP contribution in [-0.2, 0) is 7.05 Å². The Balaban J connectivity index is 0.961. The first-order valence-electron chi connectivity index (χ1n) is 21.2. The molecule has 0 bridgehead atoms. The molecule has 0 amide bonds. The lowest BCUT2D eigenvalue weighted by Gasteiger charge is -2.10. The molecule has 0 aliphatic rings. The Hall–Kier alpha value is -7.00.